The number of nitrogens with zero attached hydrogens (tertiary/aromatic N) is 2. The highest BCUT2D eigenvalue weighted by molar-refractivity contribution is 6.00. The van der Waals surface area contributed by atoms with Crippen molar-refractivity contribution in [3.63, 3.8) is 0 Å². The van der Waals surface area contributed by atoms with Gasteiger partial charge < -0.3 is 26.6 Å². The Labute approximate surface area is 92.1 Å². The Morgan fingerprint density at radius 2 is 1.94 bits per heavy atom. The molecule has 0 unspecified atom stereocenters. The molecule has 0 bridgehead atoms. The summed E-state index contributed by atoms with van der Waals surface area (Å²) in [4.78, 5) is 4.89. The van der Waals surface area contributed by atoms with Crippen LogP contribution in [0.4, 0.5) is 5.69 Å². The van der Waals surface area contributed by atoms with E-state index >= 15 is 0 Å². The maximum Gasteiger partial charge on any atom is 0.225 e. The van der Waals surface area contributed by atoms with E-state index in [-0.39, 0.29) is 23.4 Å². The third kappa shape index (κ3) is 2.53. The van der Waals surface area contributed by atoms with Crippen LogP contribution in [0.2, 0.25) is 0 Å². The average Bonchev–Trinajstić information content (AvgIpc) is 2.20. The largest absolute Gasteiger partial charge is 0.504 e. The van der Waals surface area contributed by atoms with Crippen LogP contribution in [0, 0.1) is 5.41 Å². The van der Waals surface area contributed by atoms with Crippen molar-refractivity contribution >= 4 is 17.6 Å². The van der Waals surface area contributed by atoms with Crippen molar-refractivity contribution in [1.82, 2.24) is 0 Å². The summed E-state index contributed by atoms with van der Waals surface area (Å²) >= 11 is 0. The summed E-state index contributed by atoms with van der Waals surface area (Å²) in [5.74, 6) is -0.905. The molecule has 0 atom stereocenters. The molecule has 0 fully saturated rings. The zero-order valence-electron chi connectivity index (χ0n) is 8.68. The van der Waals surface area contributed by atoms with Gasteiger partial charge in [-0.25, -0.2) is 0 Å². The van der Waals surface area contributed by atoms with Gasteiger partial charge in [0.05, 0.1) is 0 Å². The first-order valence-corrected chi connectivity index (χ1v) is 4.35. The number of phenolic OH excluding ortho intramolecular Hbond substituents is 2. The lowest BCUT2D eigenvalue weighted by Gasteiger charge is -2.17. The number of rotatable bonds is 1. The molecule has 0 saturated heterocycles. The molecule has 7 N–H and O–H groups in total. The molecule has 0 aliphatic rings. The third-order valence-corrected chi connectivity index (χ3v) is 1.90. The number of phenols is 2. The van der Waals surface area contributed by atoms with Crippen molar-refractivity contribution in [1.29, 1.82) is 5.41 Å². The number of aromatic hydroxyl groups is 2. The Hall–Kier alpha value is -2.44. The summed E-state index contributed by atoms with van der Waals surface area (Å²) in [5, 5.41) is 25.9. The van der Waals surface area contributed by atoms with Crippen LogP contribution in [0.25, 0.3) is 0 Å². The molecule has 0 saturated carbocycles. The number of guanidine groups is 2. The second kappa shape index (κ2) is 4.39. The van der Waals surface area contributed by atoms with Gasteiger partial charge in [0.1, 0.15) is 0 Å². The van der Waals surface area contributed by atoms with E-state index in [2.05, 4.69) is 4.99 Å². The molecule has 0 aliphatic heterocycles. The standard InChI is InChI=1S/C9H13N5O2/c1-14(9(12)13-8(10)11)5-2-3-6(15)7(16)4-5/h2-4,15-16H,1H3,(H5,10,11,12,13). The van der Waals surface area contributed by atoms with Gasteiger partial charge in [-0.15, -0.1) is 0 Å². The van der Waals surface area contributed by atoms with Gasteiger partial charge in [0.25, 0.3) is 0 Å². The van der Waals surface area contributed by atoms with Crippen LogP contribution in [0.3, 0.4) is 0 Å². The van der Waals surface area contributed by atoms with E-state index in [9.17, 15) is 5.11 Å². The van der Waals surface area contributed by atoms with Crippen LogP contribution in [-0.4, -0.2) is 29.2 Å². The lowest BCUT2D eigenvalue weighted by Crippen LogP contribution is -2.30. The van der Waals surface area contributed by atoms with E-state index in [1.807, 2.05) is 0 Å². The molecule has 0 aliphatic carbocycles. The quantitative estimate of drug-likeness (QED) is 0.254. The predicted molar refractivity (Wildman–Crippen MR) is 61.7 cm³/mol. The number of nitrogens with one attached hydrogen (secondary N) is 1. The molecule has 1 aromatic rings. The van der Waals surface area contributed by atoms with Crippen molar-refractivity contribution in [3.05, 3.63) is 18.2 Å². The summed E-state index contributed by atoms with van der Waals surface area (Å²) in [5.41, 5.74) is 10.7. The molecule has 7 heteroatoms. The van der Waals surface area contributed by atoms with Crippen LogP contribution in [-0.2, 0) is 0 Å². The van der Waals surface area contributed by atoms with E-state index in [1.54, 1.807) is 7.05 Å². The molecule has 1 aromatic carbocycles. The average molecular weight is 223 g/mol. The fraction of sp³-hybridized carbons (Fsp3) is 0.111. The molecule has 0 amide bonds. The van der Waals surface area contributed by atoms with Gasteiger partial charge in [-0.3, -0.25) is 5.41 Å². The third-order valence-electron chi connectivity index (χ3n) is 1.90. The maximum atomic E-state index is 9.28. The van der Waals surface area contributed by atoms with Gasteiger partial charge in [-0.1, -0.05) is 0 Å². The van der Waals surface area contributed by atoms with Gasteiger partial charge in [0.2, 0.25) is 5.96 Å². The van der Waals surface area contributed by atoms with E-state index in [4.69, 9.17) is 22.0 Å². The van der Waals surface area contributed by atoms with E-state index in [1.165, 1.54) is 23.1 Å². The fourth-order valence-electron chi connectivity index (χ4n) is 1.04. The number of nitrogens with two attached hydrogens (primary N) is 2. The fourth-order valence-corrected chi connectivity index (χ4v) is 1.04. The minimum Gasteiger partial charge on any atom is -0.504 e. The van der Waals surface area contributed by atoms with Crippen molar-refractivity contribution in [2.45, 2.75) is 0 Å². The summed E-state index contributed by atoms with van der Waals surface area (Å²) in [6.45, 7) is 0. The maximum absolute atomic E-state index is 9.28. The van der Waals surface area contributed by atoms with Gasteiger partial charge in [0.15, 0.2) is 17.5 Å². The monoisotopic (exact) mass is 223 g/mol. The molecule has 0 aromatic heterocycles. The molecule has 0 spiro atoms. The lowest BCUT2D eigenvalue weighted by molar-refractivity contribution is 0.404. The normalized spacial score (nSPS) is 9.56. The zero-order valence-corrected chi connectivity index (χ0v) is 8.68. The summed E-state index contributed by atoms with van der Waals surface area (Å²) < 4.78 is 0. The minimum absolute atomic E-state index is 0.176. The molecule has 0 heterocycles. The first kappa shape index (κ1) is 11.6. The molecular weight excluding hydrogens is 210 g/mol. The topological polar surface area (TPSA) is 132 Å². The molecule has 86 valence electrons. The highest BCUT2D eigenvalue weighted by Gasteiger charge is 2.08. The number of anilines is 1. The Morgan fingerprint density at radius 1 is 1.31 bits per heavy atom. The van der Waals surface area contributed by atoms with Crippen LogP contribution in [0.5, 0.6) is 11.5 Å². The van der Waals surface area contributed by atoms with E-state index in [0.717, 1.165) is 0 Å². The molecular formula is C9H13N5O2. The number of hydrogen-bond acceptors (Lipinski definition) is 3. The second-order valence-corrected chi connectivity index (χ2v) is 3.09. The van der Waals surface area contributed by atoms with Crippen molar-refractivity contribution in [2.24, 2.45) is 16.5 Å². The van der Waals surface area contributed by atoms with Gasteiger partial charge in [-0.05, 0) is 12.1 Å². The first-order chi connectivity index (χ1) is 7.41. The summed E-state index contributed by atoms with van der Waals surface area (Å²) in [7, 11) is 1.56. The number of aliphatic imine (C=N–C) groups is 1. The van der Waals surface area contributed by atoms with Crippen LogP contribution < -0.4 is 16.4 Å². The van der Waals surface area contributed by atoms with Gasteiger partial charge >= 0.3 is 0 Å². The Bertz CT molecular complexity index is 440. The Morgan fingerprint density at radius 3 is 2.44 bits per heavy atom. The van der Waals surface area contributed by atoms with Crippen molar-refractivity contribution in [3.8, 4) is 11.5 Å². The minimum atomic E-state index is -0.276. The summed E-state index contributed by atoms with van der Waals surface area (Å²) in [6, 6.07) is 4.13. The van der Waals surface area contributed by atoms with E-state index in [0.29, 0.717) is 5.69 Å². The van der Waals surface area contributed by atoms with Crippen LogP contribution in [0.1, 0.15) is 0 Å². The SMILES string of the molecule is CN(C(=N)N=C(N)N)c1ccc(O)c(O)c1. The van der Waals surface area contributed by atoms with E-state index < -0.39 is 0 Å². The Kier molecular flexibility index (Phi) is 3.19. The molecule has 16 heavy (non-hydrogen) atoms. The number of hydrogen-bond donors (Lipinski definition) is 5. The van der Waals surface area contributed by atoms with Crippen molar-refractivity contribution in [2.75, 3.05) is 11.9 Å². The summed E-state index contributed by atoms with van der Waals surface area (Å²) in [6.07, 6.45) is 0. The zero-order chi connectivity index (χ0) is 12.3. The molecule has 7 nitrogen and oxygen atoms in total. The molecule has 1 rings (SSSR count). The first-order valence-electron chi connectivity index (χ1n) is 4.35. The predicted octanol–water partition coefficient (Wildman–Crippen LogP) is -0.258. The number of benzene rings is 1. The smallest absolute Gasteiger partial charge is 0.225 e. The van der Waals surface area contributed by atoms with Gasteiger partial charge in [0, 0.05) is 18.8 Å². The van der Waals surface area contributed by atoms with Crippen LogP contribution in [0.15, 0.2) is 23.2 Å². The Balaban J connectivity index is 2.96. The second-order valence-electron chi connectivity index (χ2n) is 3.09. The highest BCUT2D eigenvalue weighted by atomic mass is 16.3. The van der Waals surface area contributed by atoms with Crippen LogP contribution >= 0.6 is 0 Å². The lowest BCUT2D eigenvalue weighted by atomic mass is 10.2. The molecule has 0 radical (unpaired) electrons. The van der Waals surface area contributed by atoms with Gasteiger partial charge in [-0.2, -0.15) is 4.99 Å². The van der Waals surface area contributed by atoms with Crippen molar-refractivity contribution < 1.29 is 10.2 Å². The highest BCUT2D eigenvalue weighted by Crippen LogP contribution is 2.28.